The molecule has 0 radical (unpaired) electrons. The highest BCUT2D eigenvalue weighted by molar-refractivity contribution is 5.91. The van der Waals surface area contributed by atoms with Crippen LogP contribution in [0.5, 0.6) is 0 Å². The molecule has 7 heteroatoms. The van der Waals surface area contributed by atoms with Crippen LogP contribution in [0.3, 0.4) is 0 Å². The minimum Gasteiger partial charge on any atom is -0.259 e. The smallest absolute Gasteiger partial charge is 0.259 e. The molecule has 1 N–H and O–H groups in total. The van der Waals surface area contributed by atoms with Gasteiger partial charge >= 0.3 is 6.18 Å². The summed E-state index contributed by atoms with van der Waals surface area (Å²) in [4.78, 5) is 0. The summed E-state index contributed by atoms with van der Waals surface area (Å²) >= 11 is 0. The van der Waals surface area contributed by atoms with E-state index in [-0.39, 0.29) is 0 Å². The molecule has 0 atom stereocenters. The summed E-state index contributed by atoms with van der Waals surface area (Å²) in [5, 5.41) is 13.4. The number of hydrazone groups is 1. The molecule has 3 aromatic rings. The fourth-order valence-corrected chi connectivity index (χ4v) is 2.07. The van der Waals surface area contributed by atoms with E-state index in [1.807, 2.05) is 24.3 Å². The molecular formula is C16H11F3N4. The third-order valence-electron chi connectivity index (χ3n) is 3.17. The van der Waals surface area contributed by atoms with Crippen LogP contribution in [-0.4, -0.2) is 16.4 Å². The molecule has 2 aromatic carbocycles. The third kappa shape index (κ3) is 3.45. The summed E-state index contributed by atoms with van der Waals surface area (Å²) in [7, 11) is 0. The van der Waals surface area contributed by atoms with Crippen LogP contribution in [-0.2, 0) is 6.18 Å². The Morgan fingerprint density at radius 1 is 1.04 bits per heavy atom. The van der Waals surface area contributed by atoms with Crippen LogP contribution in [0.15, 0.2) is 59.8 Å². The van der Waals surface area contributed by atoms with Crippen LogP contribution in [0, 0.1) is 0 Å². The van der Waals surface area contributed by atoms with Gasteiger partial charge in [-0.1, -0.05) is 36.4 Å². The van der Waals surface area contributed by atoms with E-state index in [0.29, 0.717) is 11.4 Å². The molecule has 23 heavy (non-hydrogen) atoms. The maximum atomic E-state index is 12.7. The van der Waals surface area contributed by atoms with Crippen molar-refractivity contribution in [2.24, 2.45) is 5.10 Å². The van der Waals surface area contributed by atoms with Gasteiger partial charge in [0.25, 0.3) is 0 Å². The summed E-state index contributed by atoms with van der Waals surface area (Å²) in [6.07, 6.45) is -1.45. The minimum atomic E-state index is -4.38. The number of aromatic nitrogens is 2. The second kappa shape index (κ2) is 6.04. The van der Waals surface area contributed by atoms with Gasteiger partial charge in [-0.15, -0.1) is 5.10 Å². The molecule has 0 bridgehead atoms. The zero-order valence-electron chi connectivity index (χ0n) is 11.7. The number of anilines is 1. The maximum absolute atomic E-state index is 12.7. The van der Waals surface area contributed by atoms with E-state index in [1.54, 1.807) is 6.20 Å². The Balaban J connectivity index is 1.81. The fourth-order valence-electron chi connectivity index (χ4n) is 2.07. The van der Waals surface area contributed by atoms with Crippen LogP contribution in [0.1, 0.15) is 11.1 Å². The molecule has 0 saturated heterocycles. The molecule has 0 aliphatic heterocycles. The predicted octanol–water partition coefficient (Wildman–Crippen LogP) is 4.09. The van der Waals surface area contributed by atoms with Gasteiger partial charge in [-0.05, 0) is 17.7 Å². The molecule has 0 fully saturated rings. The first-order valence-electron chi connectivity index (χ1n) is 6.71. The van der Waals surface area contributed by atoms with Gasteiger partial charge in [-0.2, -0.15) is 23.4 Å². The molecule has 1 aromatic heterocycles. The van der Waals surface area contributed by atoms with Crippen molar-refractivity contribution in [1.82, 2.24) is 10.2 Å². The van der Waals surface area contributed by atoms with Crippen molar-refractivity contribution in [3.05, 3.63) is 65.9 Å². The Morgan fingerprint density at radius 2 is 1.87 bits per heavy atom. The second-order valence-corrected chi connectivity index (χ2v) is 4.77. The number of benzene rings is 2. The number of nitrogens with zero attached hydrogens (tertiary/aromatic N) is 3. The van der Waals surface area contributed by atoms with Gasteiger partial charge in [0, 0.05) is 10.8 Å². The first-order valence-corrected chi connectivity index (χ1v) is 6.71. The summed E-state index contributed by atoms with van der Waals surface area (Å²) in [5.41, 5.74) is 2.33. The van der Waals surface area contributed by atoms with E-state index in [1.165, 1.54) is 18.3 Å². The van der Waals surface area contributed by atoms with Crippen LogP contribution in [0.4, 0.5) is 19.0 Å². The molecule has 0 saturated carbocycles. The Labute approximate surface area is 129 Å². The summed E-state index contributed by atoms with van der Waals surface area (Å²) < 4.78 is 38.0. The Hall–Kier alpha value is -2.96. The molecule has 4 nitrogen and oxygen atoms in total. The van der Waals surface area contributed by atoms with Gasteiger partial charge < -0.3 is 0 Å². The summed E-state index contributed by atoms with van der Waals surface area (Å²) in [6, 6.07) is 12.4. The molecule has 3 rings (SSSR count). The Bertz CT molecular complexity index is 854. The third-order valence-corrected chi connectivity index (χ3v) is 3.17. The highest BCUT2D eigenvalue weighted by Crippen LogP contribution is 2.29. The normalized spacial score (nSPS) is 12.0. The number of hydrogen-bond acceptors (Lipinski definition) is 4. The van der Waals surface area contributed by atoms with Crippen LogP contribution >= 0.6 is 0 Å². The highest BCUT2D eigenvalue weighted by Gasteiger charge is 2.30. The maximum Gasteiger partial charge on any atom is 0.416 e. The quantitative estimate of drug-likeness (QED) is 0.585. The van der Waals surface area contributed by atoms with Gasteiger partial charge in [0.2, 0.25) is 0 Å². The van der Waals surface area contributed by atoms with E-state index in [0.717, 1.165) is 22.9 Å². The van der Waals surface area contributed by atoms with Crippen molar-refractivity contribution in [2.45, 2.75) is 6.18 Å². The monoisotopic (exact) mass is 316 g/mol. The van der Waals surface area contributed by atoms with Gasteiger partial charge in [0.15, 0.2) is 5.82 Å². The van der Waals surface area contributed by atoms with Crippen LogP contribution in [0.2, 0.25) is 0 Å². The van der Waals surface area contributed by atoms with E-state index >= 15 is 0 Å². The molecule has 0 amide bonds. The molecule has 1 heterocycles. The highest BCUT2D eigenvalue weighted by atomic mass is 19.4. The van der Waals surface area contributed by atoms with E-state index < -0.39 is 11.7 Å². The van der Waals surface area contributed by atoms with Gasteiger partial charge in [-0.25, -0.2) is 0 Å². The number of alkyl halides is 3. The molecule has 0 aliphatic rings. The zero-order chi connectivity index (χ0) is 16.3. The molecule has 116 valence electrons. The van der Waals surface area contributed by atoms with Gasteiger partial charge in [-0.3, -0.25) is 5.43 Å². The molecular weight excluding hydrogens is 305 g/mol. The Kier molecular flexibility index (Phi) is 3.92. The second-order valence-electron chi connectivity index (χ2n) is 4.77. The number of rotatable bonds is 3. The van der Waals surface area contributed by atoms with E-state index in [2.05, 4.69) is 20.7 Å². The molecule has 0 spiro atoms. The van der Waals surface area contributed by atoms with Gasteiger partial charge in [0.05, 0.1) is 18.0 Å². The first kappa shape index (κ1) is 15.0. The lowest BCUT2D eigenvalue weighted by atomic mass is 10.1. The summed E-state index contributed by atoms with van der Waals surface area (Å²) in [5.74, 6) is 0.436. The lowest BCUT2D eigenvalue weighted by Gasteiger charge is -2.06. The van der Waals surface area contributed by atoms with Crippen molar-refractivity contribution in [3.63, 3.8) is 0 Å². The van der Waals surface area contributed by atoms with Crippen molar-refractivity contribution >= 4 is 22.8 Å². The lowest BCUT2D eigenvalue weighted by molar-refractivity contribution is -0.137. The number of nitrogens with one attached hydrogen (secondary N) is 1. The lowest BCUT2D eigenvalue weighted by Crippen LogP contribution is -2.05. The average Bonchev–Trinajstić information content (AvgIpc) is 2.55. The topological polar surface area (TPSA) is 50.2 Å². The fraction of sp³-hybridized carbons (Fsp3) is 0.0625. The van der Waals surface area contributed by atoms with Gasteiger partial charge in [0.1, 0.15) is 0 Å². The summed E-state index contributed by atoms with van der Waals surface area (Å²) in [6.45, 7) is 0. The van der Waals surface area contributed by atoms with Crippen LogP contribution in [0.25, 0.3) is 10.8 Å². The van der Waals surface area contributed by atoms with Crippen molar-refractivity contribution in [1.29, 1.82) is 0 Å². The molecule has 0 aliphatic carbocycles. The van der Waals surface area contributed by atoms with E-state index in [9.17, 15) is 13.2 Å². The number of halogens is 3. The molecule has 0 unspecified atom stereocenters. The Morgan fingerprint density at radius 3 is 2.70 bits per heavy atom. The van der Waals surface area contributed by atoms with E-state index in [4.69, 9.17) is 0 Å². The van der Waals surface area contributed by atoms with Crippen molar-refractivity contribution in [3.8, 4) is 0 Å². The standard InChI is InChI=1S/C16H11F3N4/c17-16(18,19)13-6-3-4-11(8-13)9-20-22-15-14-7-2-1-5-12(14)10-21-23-15/h1-10H,(H,22,23)/b20-9-. The largest absolute Gasteiger partial charge is 0.416 e. The number of hydrogen-bond donors (Lipinski definition) is 1. The average molecular weight is 316 g/mol. The number of fused-ring (bicyclic) bond motifs is 1. The SMILES string of the molecule is FC(F)(F)c1cccc(/C=N\Nc2nncc3ccccc23)c1. The van der Waals surface area contributed by atoms with Crippen LogP contribution < -0.4 is 5.43 Å². The first-order chi connectivity index (χ1) is 11.0. The predicted molar refractivity (Wildman–Crippen MR) is 82.2 cm³/mol. The van der Waals surface area contributed by atoms with Crippen molar-refractivity contribution in [2.75, 3.05) is 5.43 Å². The minimum absolute atomic E-state index is 0.334. The zero-order valence-corrected chi connectivity index (χ0v) is 11.7. The van der Waals surface area contributed by atoms with Crippen molar-refractivity contribution < 1.29 is 13.2 Å².